The zero-order valence-electron chi connectivity index (χ0n) is 16.2. The summed E-state index contributed by atoms with van der Waals surface area (Å²) in [6.45, 7) is 0. The average molecular weight is 430 g/mol. The third-order valence-corrected chi connectivity index (χ3v) is 6.09. The van der Waals surface area contributed by atoms with E-state index in [1.54, 1.807) is 0 Å². The van der Waals surface area contributed by atoms with Gasteiger partial charge in [-0.3, -0.25) is 9.59 Å². The van der Waals surface area contributed by atoms with Crippen LogP contribution in [0.15, 0.2) is 0 Å². The van der Waals surface area contributed by atoms with E-state index in [2.05, 4.69) is 0 Å². The van der Waals surface area contributed by atoms with E-state index < -0.39 is 36.3 Å². The summed E-state index contributed by atoms with van der Waals surface area (Å²) in [6, 6.07) is -1.85. The summed E-state index contributed by atoms with van der Waals surface area (Å²) in [6.07, 6.45) is -2.78. The van der Waals surface area contributed by atoms with Crippen molar-refractivity contribution in [1.82, 2.24) is 10.6 Å². The molecule has 0 heterocycles. The van der Waals surface area contributed by atoms with E-state index in [0.29, 0.717) is 25.7 Å². The fourth-order valence-corrected chi connectivity index (χ4v) is 4.59. The molecule has 0 bridgehead atoms. The predicted molar refractivity (Wildman–Crippen MR) is 93.7 cm³/mol. The highest BCUT2D eigenvalue weighted by Gasteiger charge is 2.44. The Morgan fingerprint density at radius 2 is 0.966 bits per heavy atom. The van der Waals surface area contributed by atoms with Gasteiger partial charge in [0.2, 0.25) is 0 Å². The van der Waals surface area contributed by atoms with Gasteiger partial charge in [0.15, 0.2) is 0 Å². The molecule has 4 nitrogen and oxygen atoms in total. The SMILES string of the molecule is O=C(N[C@H](C[C@@H](NC(=O)C(F)(F)F)C1CCCCC1)C1CCCCC1)C(F)(F)F. The Morgan fingerprint density at radius 3 is 1.24 bits per heavy atom. The summed E-state index contributed by atoms with van der Waals surface area (Å²) in [5, 5.41) is 4.02. The van der Waals surface area contributed by atoms with Gasteiger partial charge in [-0.1, -0.05) is 38.5 Å². The normalized spacial score (nSPS) is 22.0. The Kier molecular flexibility index (Phi) is 8.22. The molecule has 2 aliphatic rings. The number of amides is 2. The minimum absolute atomic E-state index is 0.126. The van der Waals surface area contributed by atoms with E-state index in [9.17, 15) is 35.9 Å². The Labute approximate surface area is 166 Å². The molecule has 0 spiro atoms. The first-order valence-corrected chi connectivity index (χ1v) is 10.2. The van der Waals surface area contributed by atoms with Gasteiger partial charge in [-0.25, -0.2) is 0 Å². The first kappa shape index (κ1) is 23.8. The van der Waals surface area contributed by atoms with Crippen molar-refractivity contribution < 1.29 is 35.9 Å². The van der Waals surface area contributed by atoms with Gasteiger partial charge in [0.1, 0.15) is 0 Å². The van der Waals surface area contributed by atoms with Crippen LogP contribution in [0.25, 0.3) is 0 Å². The highest BCUT2D eigenvalue weighted by Crippen LogP contribution is 2.34. The second-order valence-corrected chi connectivity index (χ2v) is 8.19. The fraction of sp³-hybridized carbons (Fsp3) is 0.895. The Bertz CT molecular complexity index is 504. The monoisotopic (exact) mass is 430 g/mol. The maximum atomic E-state index is 12.8. The van der Waals surface area contributed by atoms with E-state index >= 15 is 0 Å². The molecule has 10 heteroatoms. The van der Waals surface area contributed by atoms with E-state index in [-0.39, 0.29) is 18.3 Å². The van der Waals surface area contributed by atoms with Crippen LogP contribution in [-0.4, -0.2) is 36.3 Å². The van der Waals surface area contributed by atoms with Crippen LogP contribution in [0, 0.1) is 11.8 Å². The third-order valence-electron chi connectivity index (χ3n) is 6.09. The van der Waals surface area contributed by atoms with Crippen molar-refractivity contribution in [2.75, 3.05) is 0 Å². The summed E-state index contributed by atoms with van der Waals surface area (Å²) < 4.78 is 76.8. The highest BCUT2D eigenvalue weighted by molar-refractivity contribution is 5.82. The van der Waals surface area contributed by atoms with Crippen molar-refractivity contribution in [3.8, 4) is 0 Å². The van der Waals surface area contributed by atoms with E-state index in [1.807, 2.05) is 10.6 Å². The maximum absolute atomic E-state index is 12.8. The first-order chi connectivity index (χ1) is 13.5. The molecule has 0 aromatic carbocycles. The lowest BCUT2D eigenvalue weighted by molar-refractivity contribution is -0.176. The van der Waals surface area contributed by atoms with Crippen LogP contribution < -0.4 is 10.6 Å². The van der Waals surface area contributed by atoms with Gasteiger partial charge in [0.05, 0.1) is 0 Å². The van der Waals surface area contributed by atoms with Crippen LogP contribution >= 0.6 is 0 Å². The molecule has 2 aliphatic carbocycles. The minimum atomic E-state index is -5.07. The van der Waals surface area contributed by atoms with Crippen molar-refractivity contribution in [2.45, 2.75) is 95.1 Å². The molecule has 0 aromatic heterocycles. The molecule has 29 heavy (non-hydrogen) atoms. The highest BCUT2D eigenvalue weighted by atomic mass is 19.4. The molecule has 0 unspecified atom stereocenters. The number of halogens is 6. The molecule has 0 saturated heterocycles. The molecule has 168 valence electrons. The van der Waals surface area contributed by atoms with Crippen LogP contribution in [0.2, 0.25) is 0 Å². The summed E-state index contributed by atoms with van der Waals surface area (Å²) >= 11 is 0. The molecule has 2 atom stereocenters. The van der Waals surface area contributed by atoms with E-state index in [1.165, 1.54) is 0 Å². The van der Waals surface area contributed by atoms with Gasteiger partial charge in [0, 0.05) is 12.1 Å². The van der Waals surface area contributed by atoms with Crippen molar-refractivity contribution >= 4 is 11.8 Å². The van der Waals surface area contributed by atoms with Gasteiger partial charge in [0.25, 0.3) is 0 Å². The van der Waals surface area contributed by atoms with Crippen LogP contribution in [0.5, 0.6) is 0 Å². The second-order valence-electron chi connectivity index (χ2n) is 8.19. The first-order valence-electron chi connectivity index (χ1n) is 10.2. The molecular weight excluding hydrogens is 402 g/mol. The lowest BCUT2D eigenvalue weighted by atomic mass is 9.76. The largest absolute Gasteiger partial charge is 0.471 e. The van der Waals surface area contributed by atoms with Gasteiger partial charge in [-0.2, -0.15) is 26.3 Å². The maximum Gasteiger partial charge on any atom is 0.471 e. The van der Waals surface area contributed by atoms with Gasteiger partial charge >= 0.3 is 24.2 Å². The lowest BCUT2D eigenvalue weighted by Gasteiger charge is -2.37. The average Bonchev–Trinajstić information content (AvgIpc) is 2.66. The molecule has 2 saturated carbocycles. The van der Waals surface area contributed by atoms with Crippen molar-refractivity contribution in [3.63, 3.8) is 0 Å². The standard InChI is InChI=1S/C19H28F6N2O2/c20-18(21,22)16(28)26-14(12-7-3-1-4-8-12)11-15(13-9-5-2-6-10-13)27-17(29)19(23,24)25/h12-15H,1-11H2,(H,26,28)(H,27,29)/t14-,15-/m1/s1. The summed E-state index contributed by atoms with van der Waals surface area (Å²) in [5.74, 6) is -4.66. The summed E-state index contributed by atoms with van der Waals surface area (Å²) in [5.41, 5.74) is 0. The summed E-state index contributed by atoms with van der Waals surface area (Å²) in [4.78, 5) is 23.1. The minimum Gasteiger partial charge on any atom is -0.345 e. The number of alkyl halides is 6. The van der Waals surface area contributed by atoms with Gasteiger partial charge in [-0.05, 0) is 43.9 Å². The number of hydrogen-bond donors (Lipinski definition) is 2. The Balaban J connectivity index is 2.19. The number of hydrogen-bond acceptors (Lipinski definition) is 2. The van der Waals surface area contributed by atoms with Gasteiger partial charge in [-0.15, -0.1) is 0 Å². The zero-order valence-corrected chi connectivity index (χ0v) is 16.2. The lowest BCUT2D eigenvalue weighted by Crippen LogP contribution is -2.53. The van der Waals surface area contributed by atoms with Crippen molar-refractivity contribution in [1.29, 1.82) is 0 Å². The van der Waals surface area contributed by atoms with E-state index in [0.717, 1.165) is 38.5 Å². The number of carbonyl (C=O) groups excluding carboxylic acids is 2. The number of carbonyl (C=O) groups is 2. The van der Waals surface area contributed by atoms with Gasteiger partial charge < -0.3 is 10.6 Å². The zero-order chi connectivity index (χ0) is 21.7. The van der Waals surface area contributed by atoms with Crippen LogP contribution in [-0.2, 0) is 9.59 Å². The van der Waals surface area contributed by atoms with Crippen LogP contribution in [0.1, 0.15) is 70.6 Å². The molecule has 2 rings (SSSR count). The molecule has 0 aliphatic heterocycles. The fourth-order valence-electron chi connectivity index (χ4n) is 4.59. The Morgan fingerprint density at radius 1 is 0.655 bits per heavy atom. The molecule has 0 radical (unpaired) electrons. The molecule has 0 aromatic rings. The second kappa shape index (κ2) is 10.0. The quantitative estimate of drug-likeness (QED) is 0.604. The van der Waals surface area contributed by atoms with Crippen molar-refractivity contribution in [2.24, 2.45) is 11.8 Å². The molecule has 2 fully saturated rings. The predicted octanol–water partition coefficient (Wildman–Crippen LogP) is 4.63. The molecular formula is C19H28F6N2O2. The molecule has 2 amide bonds. The number of rotatable bonds is 6. The topological polar surface area (TPSA) is 58.2 Å². The van der Waals surface area contributed by atoms with Crippen LogP contribution in [0.4, 0.5) is 26.3 Å². The van der Waals surface area contributed by atoms with Crippen molar-refractivity contribution in [3.05, 3.63) is 0 Å². The van der Waals surface area contributed by atoms with Crippen LogP contribution in [0.3, 0.4) is 0 Å². The molecule has 2 N–H and O–H groups in total. The van der Waals surface area contributed by atoms with E-state index in [4.69, 9.17) is 0 Å². The Hall–Kier alpha value is -1.48. The third kappa shape index (κ3) is 7.37. The summed E-state index contributed by atoms with van der Waals surface area (Å²) in [7, 11) is 0. The number of nitrogens with one attached hydrogen (secondary N) is 2. The smallest absolute Gasteiger partial charge is 0.345 e.